The fourth-order valence-electron chi connectivity index (χ4n) is 3.90. The average molecular weight is 244 g/mol. The molecule has 2 fully saturated rings. The maximum absolute atomic E-state index is 5.83. The van der Waals surface area contributed by atoms with Crippen LogP contribution in [0.4, 0.5) is 0 Å². The van der Waals surface area contributed by atoms with Crippen molar-refractivity contribution in [3.8, 4) is 0 Å². The standard InChI is InChI=1S/C16H24N2/c17-11-15-6-7-16(10-15)8-9-18(13-16)12-14-4-2-1-3-5-14/h1-5,15H,6-13,17H2. The molecule has 1 heterocycles. The Labute approximate surface area is 110 Å². The minimum Gasteiger partial charge on any atom is -0.330 e. The van der Waals surface area contributed by atoms with Crippen molar-refractivity contribution < 1.29 is 0 Å². The zero-order chi connectivity index (χ0) is 12.4. The van der Waals surface area contributed by atoms with Crippen molar-refractivity contribution in [2.24, 2.45) is 17.1 Å². The van der Waals surface area contributed by atoms with Crippen LogP contribution in [0, 0.1) is 11.3 Å². The quantitative estimate of drug-likeness (QED) is 0.885. The number of nitrogens with two attached hydrogens (primary N) is 1. The van der Waals surface area contributed by atoms with E-state index < -0.39 is 0 Å². The Morgan fingerprint density at radius 2 is 2.06 bits per heavy atom. The highest BCUT2D eigenvalue weighted by Crippen LogP contribution is 2.47. The second kappa shape index (κ2) is 5.02. The normalized spacial score (nSPS) is 32.4. The molecule has 0 amide bonds. The van der Waals surface area contributed by atoms with Gasteiger partial charge in [0.05, 0.1) is 0 Å². The van der Waals surface area contributed by atoms with Crippen LogP contribution >= 0.6 is 0 Å². The zero-order valence-corrected chi connectivity index (χ0v) is 11.1. The summed E-state index contributed by atoms with van der Waals surface area (Å²) in [6.07, 6.45) is 5.51. The summed E-state index contributed by atoms with van der Waals surface area (Å²) in [6, 6.07) is 10.9. The molecule has 2 heteroatoms. The molecule has 3 rings (SSSR count). The van der Waals surface area contributed by atoms with E-state index in [-0.39, 0.29) is 0 Å². The third kappa shape index (κ3) is 2.45. The van der Waals surface area contributed by atoms with Crippen molar-refractivity contribution in [1.82, 2.24) is 4.90 Å². The van der Waals surface area contributed by atoms with Gasteiger partial charge in [0.1, 0.15) is 0 Å². The Morgan fingerprint density at radius 3 is 2.78 bits per heavy atom. The van der Waals surface area contributed by atoms with Gasteiger partial charge in [0.25, 0.3) is 0 Å². The van der Waals surface area contributed by atoms with Crippen LogP contribution in [0.25, 0.3) is 0 Å². The fraction of sp³-hybridized carbons (Fsp3) is 0.625. The number of benzene rings is 1. The van der Waals surface area contributed by atoms with Crippen LogP contribution in [0.1, 0.15) is 31.2 Å². The van der Waals surface area contributed by atoms with E-state index in [2.05, 4.69) is 35.2 Å². The number of nitrogens with zero attached hydrogens (tertiary/aromatic N) is 1. The molecule has 1 aliphatic carbocycles. The molecule has 0 aromatic heterocycles. The predicted octanol–water partition coefficient (Wildman–Crippen LogP) is 2.64. The van der Waals surface area contributed by atoms with Crippen molar-refractivity contribution in [2.45, 2.75) is 32.2 Å². The molecule has 1 aromatic rings. The lowest BCUT2D eigenvalue weighted by molar-refractivity contribution is 0.249. The SMILES string of the molecule is NCC1CCC2(CCN(Cc3ccccc3)C2)C1. The van der Waals surface area contributed by atoms with Crippen molar-refractivity contribution in [3.05, 3.63) is 35.9 Å². The van der Waals surface area contributed by atoms with E-state index >= 15 is 0 Å². The molecule has 2 unspecified atom stereocenters. The molecule has 98 valence electrons. The highest BCUT2D eigenvalue weighted by Gasteiger charge is 2.43. The van der Waals surface area contributed by atoms with E-state index in [0.717, 1.165) is 19.0 Å². The van der Waals surface area contributed by atoms with E-state index in [1.165, 1.54) is 44.3 Å². The second-order valence-corrected chi connectivity index (χ2v) is 6.29. The molecule has 1 saturated carbocycles. The van der Waals surface area contributed by atoms with Crippen molar-refractivity contribution >= 4 is 0 Å². The Balaban J connectivity index is 1.59. The summed E-state index contributed by atoms with van der Waals surface area (Å²) in [5, 5.41) is 0. The monoisotopic (exact) mass is 244 g/mol. The first-order valence-corrected chi connectivity index (χ1v) is 7.26. The van der Waals surface area contributed by atoms with Crippen LogP contribution in [0.3, 0.4) is 0 Å². The van der Waals surface area contributed by atoms with Gasteiger partial charge in [-0.3, -0.25) is 4.90 Å². The van der Waals surface area contributed by atoms with Crippen molar-refractivity contribution in [1.29, 1.82) is 0 Å². The van der Waals surface area contributed by atoms with E-state index in [4.69, 9.17) is 5.73 Å². The van der Waals surface area contributed by atoms with Crippen LogP contribution in [0.2, 0.25) is 0 Å². The van der Waals surface area contributed by atoms with Crippen LogP contribution in [0.5, 0.6) is 0 Å². The Hall–Kier alpha value is -0.860. The first kappa shape index (κ1) is 12.2. The summed E-state index contributed by atoms with van der Waals surface area (Å²) in [5.74, 6) is 0.793. The lowest BCUT2D eigenvalue weighted by Crippen LogP contribution is -2.25. The summed E-state index contributed by atoms with van der Waals surface area (Å²) >= 11 is 0. The molecule has 0 radical (unpaired) electrons. The van der Waals surface area contributed by atoms with Gasteiger partial charge >= 0.3 is 0 Å². The molecule has 18 heavy (non-hydrogen) atoms. The van der Waals surface area contributed by atoms with Gasteiger partial charge in [0, 0.05) is 13.1 Å². The Bertz CT molecular complexity index is 389. The number of rotatable bonds is 3. The van der Waals surface area contributed by atoms with Crippen LogP contribution in [-0.4, -0.2) is 24.5 Å². The van der Waals surface area contributed by atoms with Crippen molar-refractivity contribution in [3.63, 3.8) is 0 Å². The molecule has 1 aromatic carbocycles. The Morgan fingerprint density at radius 1 is 1.22 bits per heavy atom. The van der Waals surface area contributed by atoms with Gasteiger partial charge in [0.2, 0.25) is 0 Å². The molecule has 2 aliphatic rings. The largest absolute Gasteiger partial charge is 0.330 e. The lowest BCUT2D eigenvalue weighted by atomic mass is 9.84. The van der Waals surface area contributed by atoms with Gasteiger partial charge in [-0.25, -0.2) is 0 Å². The molecule has 2 N–H and O–H groups in total. The molecule has 0 bridgehead atoms. The lowest BCUT2D eigenvalue weighted by Gasteiger charge is -2.24. The maximum Gasteiger partial charge on any atom is 0.0233 e. The minimum absolute atomic E-state index is 0.610. The molecule has 1 saturated heterocycles. The van der Waals surface area contributed by atoms with Gasteiger partial charge in [-0.15, -0.1) is 0 Å². The highest BCUT2D eigenvalue weighted by atomic mass is 15.2. The molecule has 2 atom stereocenters. The summed E-state index contributed by atoms with van der Waals surface area (Å²) in [6.45, 7) is 4.57. The number of likely N-dealkylation sites (tertiary alicyclic amines) is 1. The van der Waals surface area contributed by atoms with Crippen LogP contribution in [-0.2, 0) is 6.54 Å². The number of hydrogen-bond acceptors (Lipinski definition) is 2. The van der Waals surface area contributed by atoms with Crippen molar-refractivity contribution in [2.75, 3.05) is 19.6 Å². The first-order valence-electron chi connectivity index (χ1n) is 7.26. The highest BCUT2D eigenvalue weighted by molar-refractivity contribution is 5.15. The maximum atomic E-state index is 5.83. The average Bonchev–Trinajstić information content (AvgIpc) is 2.99. The fourth-order valence-corrected chi connectivity index (χ4v) is 3.90. The minimum atomic E-state index is 0.610. The van der Waals surface area contributed by atoms with E-state index in [1.54, 1.807) is 0 Å². The van der Waals surface area contributed by atoms with Gasteiger partial charge in [-0.2, -0.15) is 0 Å². The summed E-state index contributed by atoms with van der Waals surface area (Å²) < 4.78 is 0. The second-order valence-electron chi connectivity index (χ2n) is 6.29. The van der Waals surface area contributed by atoms with Gasteiger partial charge in [0.15, 0.2) is 0 Å². The topological polar surface area (TPSA) is 29.3 Å². The van der Waals surface area contributed by atoms with E-state index in [9.17, 15) is 0 Å². The summed E-state index contributed by atoms with van der Waals surface area (Å²) in [4.78, 5) is 2.63. The molecule has 2 nitrogen and oxygen atoms in total. The summed E-state index contributed by atoms with van der Waals surface area (Å²) in [7, 11) is 0. The third-order valence-electron chi connectivity index (χ3n) is 4.90. The molecular formula is C16H24N2. The van der Waals surface area contributed by atoms with Gasteiger partial charge in [-0.05, 0) is 55.7 Å². The van der Waals surface area contributed by atoms with Gasteiger partial charge in [-0.1, -0.05) is 30.3 Å². The van der Waals surface area contributed by atoms with Gasteiger partial charge < -0.3 is 5.73 Å². The molecular weight excluding hydrogens is 220 g/mol. The molecule has 1 aliphatic heterocycles. The zero-order valence-electron chi connectivity index (χ0n) is 11.1. The third-order valence-corrected chi connectivity index (χ3v) is 4.90. The van der Waals surface area contributed by atoms with E-state index in [0.29, 0.717) is 5.41 Å². The smallest absolute Gasteiger partial charge is 0.0233 e. The Kier molecular flexibility index (Phi) is 3.40. The van der Waals surface area contributed by atoms with E-state index in [1.807, 2.05) is 0 Å². The van der Waals surface area contributed by atoms with Crippen LogP contribution in [0.15, 0.2) is 30.3 Å². The number of hydrogen-bond donors (Lipinski definition) is 1. The summed E-state index contributed by atoms with van der Waals surface area (Å²) in [5.41, 5.74) is 7.89. The first-order chi connectivity index (χ1) is 8.80. The van der Waals surface area contributed by atoms with Crippen LogP contribution < -0.4 is 5.73 Å². The predicted molar refractivity (Wildman–Crippen MR) is 75.2 cm³/mol. The molecule has 1 spiro atoms.